The van der Waals surface area contributed by atoms with Crippen LogP contribution in [0.2, 0.25) is 0 Å². The summed E-state index contributed by atoms with van der Waals surface area (Å²) in [5.41, 5.74) is 1.36. The van der Waals surface area contributed by atoms with Crippen LogP contribution in [0.5, 0.6) is 5.75 Å². The molecule has 0 aliphatic carbocycles. The average molecular weight is 357 g/mol. The third-order valence-corrected chi connectivity index (χ3v) is 3.68. The van der Waals surface area contributed by atoms with Crippen molar-refractivity contribution in [2.45, 2.75) is 19.8 Å². The van der Waals surface area contributed by atoms with Crippen LogP contribution >= 0.6 is 0 Å². The lowest BCUT2D eigenvalue weighted by Gasteiger charge is -2.09. The second kappa shape index (κ2) is 10.0. The SMILES string of the molecule is CCCCOc1cccc(C(=O)NCCNc2ccc([N+](=O)[O-])cc2)c1. The lowest BCUT2D eigenvalue weighted by molar-refractivity contribution is -0.384. The minimum absolute atomic E-state index is 0.0462. The van der Waals surface area contributed by atoms with Crippen LogP contribution in [0.25, 0.3) is 0 Å². The highest BCUT2D eigenvalue weighted by molar-refractivity contribution is 5.94. The maximum atomic E-state index is 12.2. The molecule has 0 aromatic heterocycles. The summed E-state index contributed by atoms with van der Waals surface area (Å²) in [6.07, 6.45) is 2.03. The minimum Gasteiger partial charge on any atom is -0.494 e. The molecule has 0 spiro atoms. The molecule has 0 radical (unpaired) electrons. The zero-order chi connectivity index (χ0) is 18.8. The van der Waals surface area contributed by atoms with E-state index in [-0.39, 0.29) is 11.6 Å². The minimum atomic E-state index is -0.440. The van der Waals surface area contributed by atoms with Gasteiger partial charge in [-0.2, -0.15) is 0 Å². The predicted molar refractivity (Wildman–Crippen MR) is 101 cm³/mol. The number of unbranched alkanes of at least 4 members (excludes halogenated alkanes) is 1. The summed E-state index contributed by atoms with van der Waals surface area (Å²) in [5.74, 6) is 0.520. The van der Waals surface area contributed by atoms with Crippen molar-refractivity contribution in [2.75, 3.05) is 25.0 Å². The van der Waals surface area contributed by atoms with Gasteiger partial charge in [0, 0.05) is 36.5 Å². The monoisotopic (exact) mass is 357 g/mol. The maximum Gasteiger partial charge on any atom is 0.269 e. The van der Waals surface area contributed by atoms with E-state index in [1.165, 1.54) is 12.1 Å². The topological polar surface area (TPSA) is 93.5 Å². The first-order chi connectivity index (χ1) is 12.6. The first-order valence-electron chi connectivity index (χ1n) is 8.59. The Balaban J connectivity index is 1.76. The molecule has 2 rings (SSSR count). The number of carbonyl (C=O) groups is 1. The van der Waals surface area contributed by atoms with Gasteiger partial charge < -0.3 is 15.4 Å². The van der Waals surface area contributed by atoms with Crippen LogP contribution in [-0.2, 0) is 0 Å². The molecule has 26 heavy (non-hydrogen) atoms. The molecule has 2 N–H and O–H groups in total. The number of carbonyl (C=O) groups excluding carboxylic acids is 1. The third-order valence-electron chi connectivity index (χ3n) is 3.68. The van der Waals surface area contributed by atoms with Gasteiger partial charge in [-0.25, -0.2) is 0 Å². The summed E-state index contributed by atoms with van der Waals surface area (Å²) < 4.78 is 5.61. The summed E-state index contributed by atoms with van der Waals surface area (Å²) in [6, 6.07) is 13.2. The molecule has 0 aliphatic heterocycles. The lowest BCUT2D eigenvalue weighted by atomic mass is 10.2. The number of nitro groups is 1. The fourth-order valence-electron chi connectivity index (χ4n) is 2.25. The van der Waals surface area contributed by atoms with Crippen molar-refractivity contribution in [2.24, 2.45) is 0 Å². The molecule has 7 nitrogen and oxygen atoms in total. The number of nitro benzene ring substituents is 1. The predicted octanol–water partition coefficient (Wildman–Crippen LogP) is 3.62. The Hall–Kier alpha value is -3.09. The third kappa shape index (κ3) is 6.08. The molecule has 0 saturated heterocycles. The Morgan fingerprint density at radius 3 is 2.62 bits per heavy atom. The Morgan fingerprint density at radius 1 is 1.15 bits per heavy atom. The number of non-ortho nitro benzene ring substituents is 1. The van der Waals surface area contributed by atoms with Crippen molar-refractivity contribution >= 4 is 17.3 Å². The number of nitrogens with one attached hydrogen (secondary N) is 2. The highest BCUT2D eigenvalue weighted by atomic mass is 16.6. The normalized spacial score (nSPS) is 10.2. The van der Waals surface area contributed by atoms with Gasteiger partial charge in [0.05, 0.1) is 11.5 Å². The van der Waals surface area contributed by atoms with Gasteiger partial charge in [0.25, 0.3) is 11.6 Å². The zero-order valence-corrected chi connectivity index (χ0v) is 14.7. The summed E-state index contributed by atoms with van der Waals surface area (Å²) >= 11 is 0. The van der Waals surface area contributed by atoms with Crippen molar-refractivity contribution < 1.29 is 14.5 Å². The fourth-order valence-corrected chi connectivity index (χ4v) is 2.25. The van der Waals surface area contributed by atoms with Crippen LogP contribution in [0.15, 0.2) is 48.5 Å². The summed E-state index contributed by atoms with van der Waals surface area (Å²) in [6.45, 7) is 3.67. The van der Waals surface area contributed by atoms with Crippen LogP contribution in [0.3, 0.4) is 0 Å². The molecular formula is C19H23N3O4. The molecular weight excluding hydrogens is 334 g/mol. The molecule has 2 aromatic carbocycles. The van der Waals surface area contributed by atoms with Gasteiger partial charge in [-0.3, -0.25) is 14.9 Å². The molecule has 2 aromatic rings. The molecule has 0 heterocycles. The Kier molecular flexibility index (Phi) is 7.42. The fraction of sp³-hybridized carbons (Fsp3) is 0.316. The highest BCUT2D eigenvalue weighted by Crippen LogP contribution is 2.15. The number of amides is 1. The van der Waals surface area contributed by atoms with Gasteiger partial charge >= 0.3 is 0 Å². The van der Waals surface area contributed by atoms with Gasteiger partial charge in [0.1, 0.15) is 5.75 Å². The smallest absolute Gasteiger partial charge is 0.269 e. The number of rotatable bonds is 10. The lowest BCUT2D eigenvalue weighted by Crippen LogP contribution is -2.28. The van der Waals surface area contributed by atoms with E-state index in [1.807, 2.05) is 6.07 Å². The molecule has 0 atom stereocenters. The van der Waals surface area contributed by atoms with Crippen molar-refractivity contribution in [3.63, 3.8) is 0 Å². The number of ether oxygens (including phenoxy) is 1. The number of hydrogen-bond donors (Lipinski definition) is 2. The molecule has 0 unspecified atom stereocenters. The van der Waals surface area contributed by atoms with E-state index in [4.69, 9.17) is 4.74 Å². The Morgan fingerprint density at radius 2 is 1.92 bits per heavy atom. The van der Waals surface area contributed by atoms with E-state index in [2.05, 4.69) is 17.6 Å². The largest absolute Gasteiger partial charge is 0.494 e. The van der Waals surface area contributed by atoms with E-state index >= 15 is 0 Å². The van der Waals surface area contributed by atoms with Gasteiger partial charge in [0.15, 0.2) is 0 Å². The van der Waals surface area contributed by atoms with E-state index in [0.29, 0.717) is 31.0 Å². The summed E-state index contributed by atoms with van der Waals surface area (Å²) in [7, 11) is 0. The second-order valence-electron chi connectivity index (χ2n) is 5.72. The average Bonchev–Trinajstić information content (AvgIpc) is 2.66. The molecule has 7 heteroatoms. The quantitative estimate of drug-likeness (QED) is 0.385. The van der Waals surface area contributed by atoms with Gasteiger partial charge in [-0.15, -0.1) is 0 Å². The highest BCUT2D eigenvalue weighted by Gasteiger charge is 2.07. The van der Waals surface area contributed by atoms with Gasteiger partial charge in [0.2, 0.25) is 0 Å². The summed E-state index contributed by atoms with van der Waals surface area (Å²) in [5, 5.41) is 16.5. The van der Waals surface area contributed by atoms with E-state index in [1.54, 1.807) is 30.3 Å². The first kappa shape index (κ1) is 19.2. The zero-order valence-electron chi connectivity index (χ0n) is 14.7. The van der Waals surface area contributed by atoms with E-state index in [0.717, 1.165) is 18.5 Å². The van der Waals surface area contributed by atoms with Crippen LogP contribution in [0.1, 0.15) is 30.1 Å². The molecule has 0 saturated carbocycles. The first-order valence-corrected chi connectivity index (χ1v) is 8.59. The molecule has 0 bridgehead atoms. The van der Waals surface area contributed by atoms with E-state index < -0.39 is 4.92 Å². The van der Waals surface area contributed by atoms with Crippen LogP contribution in [0.4, 0.5) is 11.4 Å². The van der Waals surface area contributed by atoms with Crippen LogP contribution in [0, 0.1) is 10.1 Å². The van der Waals surface area contributed by atoms with Crippen LogP contribution < -0.4 is 15.4 Å². The van der Waals surface area contributed by atoms with Gasteiger partial charge in [-0.05, 0) is 36.8 Å². The van der Waals surface area contributed by atoms with Crippen molar-refractivity contribution in [1.29, 1.82) is 0 Å². The van der Waals surface area contributed by atoms with Gasteiger partial charge in [-0.1, -0.05) is 19.4 Å². The molecule has 138 valence electrons. The number of hydrogen-bond acceptors (Lipinski definition) is 5. The second-order valence-corrected chi connectivity index (χ2v) is 5.72. The standard InChI is InChI=1S/C19H23N3O4/c1-2-3-13-26-18-6-4-5-15(14-18)19(23)21-12-11-20-16-7-9-17(10-8-16)22(24)25/h4-10,14,20H,2-3,11-13H2,1H3,(H,21,23). The molecule has 1 amide bonds. The Bertz CT molecular complexity index is 732. The number of benzene rings is 2. The van der Waals surface area contributed by atoms with Crippen molar-refractivity contribution in [1.82, 2.24) is 5.32 Å². The number of nitrogens with zero attached hydrogens (tertiary/aromatic N) is 1. The number of anilines is 1. The molecule has 0 aliphatic rings. The van der Waals surface area contributed by atoms with Crippen molar-refractivity contribution in [3.8, 4) is 5.75 Å². The van der Waals surface area contributed by atoms with E-state index in [9.17, 15) is 14.9 Å². The maximum absolute atomic E-state index is 12.2. The Labute approximate surface area is 152 Å². The van der Waals surface area contributed by atoms with Crippen molar-refractivity contribution in [3.05, 3.63) is 64.2 Å². The van der Waals surface area contributed by atoms with Crippen LogP contribution in [-0.4, -0.2) is 30.5 Å². The summed E-state index contributed by atoms with van der Waals surface area (Å²) in [4.78, 5) is 22.4. The molecule has 0 fully saturated rings.